The Hall–Kier alpha value is -4.43. The molecule has 63 heavy (non-hydrogen) atoms. The highest BCUT2D eigenvalue weighted by Gasteiger charge is 2.24. The topological polar surface area (TPSA) is 236 Å². The number of amides is 3. The molecule has 1 saturated heterocycles. The number of anilines is 1. The number of carboxylic acids is 3. The van der Waals surface area contributed by atoms with E-state index in [9.17, 15) is 39.0 Å². The average molecular weight is 906 g/mol. The standard InChI is InChI=1S/C44H75N9O9S/c1-5-53-29-28-51(3)25-24-50(2)26-27-52(4)32-36(53)30-33-15-18-35(19-16-33)48-44(63)47-22-9-6-7-12-37(54)31-34(17-20-40(57)58)41(59)45-21-10-8-13-38(42(60)61)49-43(62)46-23-11-14-39(55)56/h15-16,18-19,34,36,38H,5-14,17,20-32H2,1-4H3,(H,45,59)(H,55,56)(H,57,58)(H,60,61)(H2,46,49,62)(H2,47,48,63)/t34-,36?,38+/m1/s1. The van der Waals surface area contributed by atoms with Crippen molar-refractivity contribution >= 4 is 58.6 Å². The monoisotopic (exact) mass is 906 g/mol. The zero-order chi connectivity index (χ0) is 46.6. The van der Waals surface area contributed by atoms with Crippen molar-refractivity contribution in [3.63, 3.8) is 0 Å². The summed E-state index contributed by atoms with van der Waals surface area (Å²) in [5.74, 6) is -4.64. The number of likely N-dealkylation sites (N-methyl/N-ethyl adjacent to an activating group) is 4. The van der Waals surface area contributed by atoms with Gasteiger partial charge in [0, 0.05) is 109 Å². The largest absolute Gasteiger partial charge is 0.481 e. The molecule has 1 aliphatic rings. The Labute approximate surface area is 379 Å². The summed E-state index contributed by atoms with van der Waals surface area (Å²) in [6.07, 6.45) is 4.00. The van der Waals surface area contributed by atoms with Gasteiger partial charge in [-0.15, -0.1) is 0 Å². The summed E-state index contributed by atoms with van der Waals surface area (Å²) in [6.45, 7) is 11.5. The quantitative estimate of drug-likeness (QED) is 0.0468. The van der Waals surface area contributed by atoms with E-state index in [2.05, 4.69) is 98.5 Å². The number of carbonyl (C=O) groups excluding carboxylic acids is 3. The van der Waals surface area contributed by atoms with Crippen molar-refractivity contribution in [3.8, 4) is 0 Å². The maximum atomic E-state index is 12.9. The van der Waals surface area contributed by atoms with Gasteiger partial charge in [0.15, 0.2) is 5.11 Å². The molecule has 1 aromatic carbocycles. The number of hydrogen-bond acceptors (Lipinski definition) is 11. The second-order valence-electron chi connectivity index (χ2n) is 16.7. The average Bonchev–Trinajstić information content (AvgIpc) is 3.23. The third-order valence-electron chi connectivity index (χ3n) is 11.3. The van der Waals surface area contributed by atoms with Crippen LogP contribution in [0.5, 0.6) is 0 Å². The fourth-order valence-corrected chi connectivity index (χ4v) is 7.52. The van der Waals surface area contributed by atoms with Crippen LogP contribution in [0, 0.1) is 5.92 Å². The molecule has 3 amide bonds. The summed E-state index contributed by atoms with van der Waals surface area (Å²) in [5, 5.41) is 41.9. The van der Waals surface area contributed by atoms with Crippen molar-refractivity contribution in [2.75, 3.05) is 98.5 Å². The lowest BCUT2D eigenvalue weighted by Gasteiger charge is -2.36. The molecular formula is C44H75N9O9S. The first-order chi connectivity index (χ1) is 30.1. The number of urea groups is 1. The molecule has 2 rings (SSSR count). The van der Waals surface area contributed by atoms with Gasteiger partial charge < -0.3 is 56.6 Å². The smallest absolute Gasteiger partial charge is 0.326 e. The Bertz CT molecular complexity index is 1570. The van der Waals surface area contributed by atoms with Gasteiger partial charge in [0.25, 0.3) is 0 Å². The summed E-state index contributed by atoms with van der Waals surface area (Å²) in [5.41, 5.74) is 2.19. The lowest BCUT2D eigenvalue weighted by Crippen LogP contribution is -2.49. The zero-order valence-corrected chi connectivity index (χ0v) is 38.8. The molecule has 0 aromatic heterocycles. The first-order valence-electron chi connectivity index (χ1n) is 22.5. The van der Waals surface area contributed by atoms with Gasteiger partial charge in [-0.2, -0.15) is 0 Å². The van der Waals surface area contributed by atoms with Crippen LogP contribution in [-0.2, 0) is 30.4 Å². The van der Waals surface area contributed by atoms with Crippen LogP contribution in [0.25, 0.3) is 0 Å². The number of unbranched alkanes of at least 4 members (excludes halogenated alkanes) is 3. The molecule has 18 nitrogen and oxygen atoms in total. The minimum absolute atomic E-state index is 0.0162. The predicted octanol–water partition coefficient (Wildman–Crippen LogP) is 2.92. The van der Waals surface area contributed by atoms with Gasteiger partial charge in [0.1, 0.15) is 11.8 Å². The van der Waals surface area contributed by atoms with Gasteiger partial charge in [-0.25, -0.2) is 9.59 Å². The molecule has 356 valence electrons. The van der Waals surface area contributed by atoms with E-state index in [0.29, 0.717) is 37.0 Å². The van der Waals surface area contributed by atoms with E-state index in [4.69, 9.17) is 17.3 Å². The number of nitrogens with zero attached hydrogens (tertiary/aromatic N) is 4. The summed E-state index contributed by atoms with van der Waals surface area (Å²) < 4.78 is 0. The molecule has 1 heterocycles. The highest BCUT2D eigenvalue weighted by molar-refractivity contribution is 7.80. The van der Waals surface area contributed by atoms with Crippen LogP contribution in [0.1, 0.15) is 89.5 Å². The third kappa shape index (κ3) is 25.5. The molecule has 1 aliphatic heterocycles. The number of ketones is 1. The molecule has 0 aliphatic carbocycles. The summed E-state index contributed by atoms with van der Waals surface area (Å²) >= 11 is 5.54. The first kappa shape index (κ1) is 54.7. The minimum atomic E-state index is -1.23. The van der Waals surface area contributed by atoms with E-state index in [-0.39, 0.29) is 63.8 Å². The maximum absolute atomic E-state index is 12.9. The lowest BCUT2D eigenvalue weighted by molar-refractivity contribution is -0.140. The van der Waals surface area contributed by atoms with Crippen LogP contribution in [-0.4, -0.2) is 181 Å². The molecule has 1 unspecified atom stereocenters. The Morgan fingerprint density at radius 2 is 1.30 bits per heavy atom. The van der Waals surface area contributed by atoms with Gasteiger partial charge >= 0.3 is 23.9 Å². The number of rotatable bonds is 27. The Balaban J connectivity index is 1.72. The van der Waals surface area contributed by atoms with E-state index in [1.165, 1.54) is 5.56 Å². The van der Waals surface area contributed by atoms with Crippen LogP contribution in [0.4, 0.5) is 10.5 Å². The van der Waals surface area contributed by atoms with E-state index in [1.807, 2.05) is 0 Å². The first-order valence-corrected chi connectivity index (χ1v) is 22.9. The van der Waals surface area contributed by atoms with Crippen molar-refractivity contribution in [3.05, 3.63) is 29.8 Å². The molecule has 1 fully saturated rings. The van der Waals surface area contributed by atoms with E-state index >= 15 is 0 Å². The Morgan fingerprint density at radius 1 is 0.698 bits per heavy atom. The normalized spacial score (nSPS) is 17.0. The number of aliphatic carboxylic acids is 3. The minimum Gasteiger partial charge on any atom is -0.481 e. The molecule has 0 saturated carbocycles. The third-order valence-corrected chi connectivity index (χ3v) is 11.5. The number of thiocarbonyl (C=S) groups is 1. The van der Waals surface area contributed by atoms with Crippen molar-refractivity contribution < 1.29 is 44.1 Å². The maximum Gasteiger partial charge on any atom is 0.326 e. The van der Waals surface area contributed by atoms with Gasteiger partial charge in [0.05, 0.1) is 0 Å². The molecule has 3 atom stereocenters. The summed E-state index contributed by atoms with van der Waals surface area (Å²) in [4.78, 5) is 81.1. The second-order valence-corrected chi connectivity index (χ2v) is 17.1. The fraction of sp³-hybridized carbons (Fsp3) is 0.705. The summed E-state index contributed by atoms with van der Waals surface area (Å²) in [6, 6.07) is 6.98. The summed E-state index contributed by atoms with van der Waals surface area (Å²) in [7, 11) is 6.64. The van der Waals surface area contributed by atoms with Gasteiger partial charge in [-0.3, -0.25) is 24.1 Å². The zero-order valence-electron chi connectivity index (χ0n) is 38.0. The van der Waals surface area contributed by atoms with Crippen molar-refractivity contribution in [1.29, 1.82) is 0 Å². The molecular weight excluding hydrogens is 831 g/mol. The molecule has 0 spiro atoms. The van der Waals surface area contributed by atoms with Crippen LogP contribution >= 0.6 is 12.2 Å². The Morgan fingerprint density at radius 3 is 1.94 bits per heavy atom. The van der Waals surface area contributed by atoms with Gasteiger partial charge in [0.2, 0.25) is 5.91 Å². The number of Topliss-reactive ketones (excluding diaryl/α,β-unsaturated/α-hetero) is 1. The second kappa shape index (κ2) is 31.4. The SMILES string of the molecule is CCN1CCN(C)CCN(C)CCN(C)CC1Cc1ccc(NC(=S)NCCCCCC(=O)C[C@@H](CCC(=O)O)C(=O)NCCCC[C@H](NC(=O)NCCCC(=O)O)C(=O)O)cc1. The lowest BCUT2D eigenvalue weighted by atomic mass is 9.94. The van der Waals surface area contributed by atoms with Crippen LogP contribution in [0.3, 0.4) is 0 Å². The molecule has 8 N–H and O–H groups in total. The van der Waals surface area contributed by atoms with Crippen molar-refractivity contribution in [2.45, 2.75) is 102 Å². The number of nitrogens with one attached hydrogen (secondary N) is 5. The van der Waals surface area contributed by atoms with Crippen LogP contribution in [0.15, 0.2) is 24.3 Å². The van der Waals surface area contributed by atoms with Crippen molar-refractivity contribution in [2.24, 2.45) is 5.92 Å². The number of carbonyl (C=O) groups is 6. The van der Waals surface area contributed by atoms with Crippen molar-refractivity contribution in [1.82, 2.24) is 40.9 Å². The van der Waals surface area contributed by atoms with Crippen LogP contribution in [0.2, 0.25) is 0 Å². The highest BCUT2D eigenvalue weighted by Crippen LogP contribution is 2.17. The van der Waals surface area contributed by atoms with Gasteiger partial charge in [-0.1, -0.05) is 25.5 Å². The molecule has 0 radical (unpaired) electrons. The highest BCUT2D eigenvalue weighted by atomic mass is 32.1. The Kier molecular flexibility index (Phi) is 27.3. The number of hydrogen-bond donors (Lipinski definition) is 8. The number of benzene rings is 1. The predicted molar refractivity (Wildman–Crippen MR) is 248 cm³/mol. The fourth-order valence-electron chi connectivity index (χ4n) is 7.30. The molecule has 0 bridgehead atoms. The molecule has 19 heteroatoms. The molecule has 1 aromatic rings. The van der Waals surface area contributed by atoms with E-state index in [0.717, 1.165) is 77.3 Å². The van der Waals surface area contributed by atoms with Crippen LogP contribution < -0.4 is 26.6 Å². The van der Waals surface area contributed by atoms with E-state index < -0.39 is 41.8 Å². The van der Waals surface area contributed by atoms with E-state index in [1.54, 1.807) is 0 Å². The van der Waals surface area contributed by atoms with Gasteiger partial charge in [-0.05, 0) is 109 Å². The number of carboxylic acid groups (broad SMARTS) is 3.